The minimum Gasteiger partial charge on any atom is -0.493 e. The number of benzene rings is 2. The van der Waals surface area contributed by atoms with Crippen LogP contribution < -0.4 is 9.47 Å². The van der Waals surface area contributed by atoms with E-state index < -0.39 is 15.9 Å². The van der Waals surface area contributed by atoms with Crippen molar-refractivity contribution in [3.05, 3.63) is 58.8 Å². The van der Waals surface area contributed by atoms with E-state index in [9.17, 15) is 13.2 Å². The van der Waals surface area contributed by atoms with E-state index in [2.05, 4.69) is 0 Å². The minimum atomic E-state index is -3.18. The predicted molar refractivity (Wildman–Crippen MR) is 122 cm³/mol. The van der Waals surface area contributed by atoms with Gasteiger partial charge in [-0.05, 0) is 49.6 Å². The third-order valence-electron chi connectivity index (χ3n) is 6.00. The molecule has 4 rings (SSSR count). The number of ether oxygens (including phenoxy) is 2. The maximum Gasteiger partial charge on any atom is 0.290 e. The van der Waals surface area contributed by atoms with Crippen molar-refractivity contribution in [3.8, 4) is 11.5 Å². The predicted octanol–water partition coefficient (Wildman–Crippen LogP) is 3.90. The molecule has 1 aliphatic heterocycles. The molecule has 1 saturated heterocycles. The van der Waals surface area contributed by atoms with Crippen molar-refractivity contribution in [2.75, 3.05) is 25.7 Å². The maximum atomic E-state index is 13.7. The lowest BCUT2D eigenvalue weighted by Crippen LogP contribution is -2.40. The first-order valence-corrected chi connectivity index (χ1v) is 12.3. The highest BCUT2D eigenvalue weighted by Crippen LogP contribution is 2.32. The summed E-state index contributed by atoms with van der Waals surface area (Å²) < 4.78 is 41.0. The molecule has 0 saturated carbocycles. The first kappa shape index (κ1) is 22.2. The van der Waals surface area contributed by atoms with Gasteiger partial charge in [0.15, 0.2) is 27.1 Å². The Morgan fingerprint density at radius 2 is 1.84 bits per heavy atom. The van der Waals surface area contributed by atoms with Crippen molar-refractivity contribution >= 4 is 26.7 Å². The lowest BCUT2D eigenvalue weighted by molar-refractivity contribution is 0.0649. The number of furan rings is 1. The summed E-state index contributed by atoms with van der Waals surface area (Å²) in [6.07, 6.45) is 0.403. The van der Waals surface area contributed by atoms with Crippen LogP contribution in [-0.2, 0) is 16.4 Å². The lowest BCUT2D eigenvalue weighted by Gasteiger charge is -2.28. The number of hydrogen-bond donors (Lipinski definition) is 0. The first-order valence-electron chi connectivity index (χ1n) is 10.4. The molecule has 0 bridgehead atoms. The SMILES string of the molecule is COc1ccc(CN(C(=O)c2oc3cc(C)ccc3c2C)[C@@H]2CCS(=O)(=O)C2)cc1OC. The molecule has 3 aromatic rings. The van der Waals surface area contributed by atoms with Gasteiger partial charge in [-0.25, -0.2) is 8.42 Å². The second kappa shape index (κ2) is 8.50. The number of fused-ring (bicyclic) bond motifs is 1. The van der Waals surface area contributed by atoms with Crippen LogP contribution in [0.25, 0.3) is 11.0 Å². The van der Waals surface area contributed by atoms with Crippen LogP contribution in [0.3, 0.4) is 0 Å². The third kappa shape index (κ3) is 4.19. The summed E-state index contributed by atoms with van der Waals surface area (Å²) >= 11 is 0. The number of sulfone groups is 1. The molecule has 170 valence electrons. The Labute approximate surface area is 187 Å². The summed E-state index contributed by atoms with van der Waals surface area (Å²) in [5.41, 5.74) is 3.25. The molecular weight excluding hydrogens is 430 g/mol. The van der Waals surface area contributed by atoms with Gasteiger partial charge in [-0.3, -0.25) is 4.79 Å². The van der Waals surface area contributed by atoms with Gasteiger partial charge in [0.1, 0.15) is 5.58 Å². The first-order chi connectivity index (χ1) is 15.2. The molecule has 1 amide bonds. The maximum absolute atomic E-state index is 13.7. The molecule has 7 nitrogen and oxygen atoms in total. The quantitative estimate of drug-likeness (QED) is 0.558. The number of carbonyl (C=O) groups excluding carboxylic acids is 1. The Bertz CT molecular complexity index is 1280. The fourth-order valence-corrected chi connectivity index (χ4v) is 5.96. The summed E-state index contributed by atoms with van der Waals surface area (Å²) in [4.78, 5) is 15.3. The molecule has 1 aliphatic rings. The number of carbonyl (C=O) groups is 1. The van der Waals surface area contributed by atoms with E-state index in [4.69, 9.17) is 13.9 Å². The zero-order chi connectivity index (χ0) is 23.0. The number of aryl methyl sites for hydroxylation is 2. The van der Waals surface area contributed by atoms with Gasteiger partial charge in [0.25, 0.3) is 5.91 Å². The van der Waals surface area contributed by atoms with Gasteiger partial charge in [0.2, 0.25) is 0 Å². The average Bonchev–Trinajstić information content (AvgIpc) is 3.29. The molecule has 0 N–H and O–H groups in total. The molecule has 1 fully saturated rings. The number of amides is 1. The number of hydrogen-bond acceptors (Lipinski definition) is 6. The molecule has 1 atom stereocenters. The smallest absolute Gasteiger partial charge is 0.290 e. The van der Waals surface area contributed by atoms with Crippen LogP contribution in [0.15, 0.2) is 40.8 Å². The fourth-order valence-electron chi connectivity index (χ4n) is 4.23. The number of nitrogens with zero attached hydrogens (tertiary/aromatic N) is 1. The van der Waals surface area contributed by atoms with Crippen LogP contribution in [0.5, 0.6) is 11.5 Å². The van der Waals surface area contributed by atoms with E-state index in [-0.39, 0.29) is 29.7 Å². The summed E-state index contributed by atoms with van der Waals surface area (Å²) in [5.74, 6) is 1.09. The molecule has 1 aromatic heterocycles. The van der Waals surface area contributed by atoms with Gasteiger partial charge in [-0.15, -0.1) is 0 Å². The van der Waals surface area contributed by atoms with Crippen molar-refractivity contribution in [1.82, 2.24) is 4.90 Å². The van der Waals surface area contributed by atoms with Gasteiger partial charge in [-0.2, -0.15) is 0 Å². The highest BCUT2D eigenvalue weighted by atomic mass is 32.2. The van der Waals surface area contributed by atoms with E-state index in [0.29, 0.717) is 23.5 Å². The highest BCUT2D eigenvalue weighted by Gasteiger charge is 2.36. The third-order valence-corrected chi connectivity index (χ3v) is 7.75. The van der Waals surface area contributed by atoms with Gasteiger partial charge >= 0.3 is 0 Å². The van der Waals surface area contributed by atoms with Crippen molar-refractivity contribution in [3.63, 3.8) is 0 Å². The minimum absolute atomic E-state index is 0.0512. The zero-order valence-electron chi connectivity index (χ0n) is 18.7. The van der Waals surface area contributed by atoms with Crippen molar-refractivity contribution in [2.45, 2.75) is 32.9 Å². The van der Waals surface area contributed by atoms with Crippen LogP contribution in [-0.4, -0.2) is 51.0 Å². The van der Waals surface area contributed by atoms with Gasteiger partial charge in [0, 0.05) is 23.5 Å². The average molecular weight is 458 g/mol. The van der Waals surface area contributed by atoms with Crippen LogP contribution in [0, 0.1) is 13.8 Å². The van der Waals surface area contributed by atoms with E-state index in [1.54, 1.807) is 31.3 Å². The van der Waals surface area contributed by atoms with E-state index in [1.165, 1.54) is 0 Å². The molecule has 0 radical (unpaired) electrons. The fraction of sp³-hybridized carbons (Fsp3) is 0.375. The van der Waals surface area contributed by atoms with E-state index in [1.807, 2.05) is 38.1 Å². The normalized spacial score (nSPS) is 17.4. The second-order valence-electron chi connectivity index (χ2n) is 8.24. The molecule has 2 heterocycles. The largest absolute Gasteiger partial charge is 0.493 e. The summed E-state index contributed by atoms with van der Waals surface area (Å²) in [6.45, 7) is 4.05. The molecule has 2 aromatic carbocycles. The molecule has 32 heavy (non-hydrogen) atoms. The monoisotopic (exact) mass is 457 g/mol. The Balaban J connectivity index is 1.73. The number of methoxy groups -OCH3 is 2. The van der Waals surface area contributed by atoms with Crippen LogP contribution in [0.4, 0.5) is 0 Å². The van der Waals surface area contributed by atoms with E-state index in [0.717, 1.165) is 22.1 Å². The Morgan fingerprint density at radius 3 is 2.50 bits per heavy atom. The molecular formula is C24H27NO6S. The van der Waals surface area contributed by atoms with Crippen LogP contribution >= 0.6 is 0 Å². The standard InChI is InChI=1S/C24H27NO6S/c1-15-5-7-19-16(2)23(31-21(19)11-15)24(26)25(18-9-10-32(27,28)14-18)13-17-6-8-20(29-3)22(12-17)30-4/h5-8,11-12,18H,9-10,13-14H2,1-4H3/t18-/m1/s1. The summed E-state index contributed by atoms with van der Waals surface area (Å²) in [7, 11) is -0.0737. The van der Waals surface area contributed by atoms with Crippen molar-refractivity contribution in [2.24, 2.45) is 0 Å². The molecule has 0 aliphatic carbocycles. The molecule has 0 unspecified atom stereocenters. The van der Waals surface area contributed by atoms with Crippen molar-refractivity contribution < 1.29 is 27.1 Å². The molecule has 0 spiro atoms. The highest BCUT2D eigenvalue weighted by molar-refractivity contribution is 7.91. The van der Waals surface area contributed by atoms with Gasteiger partial charge < -0.3 is 18.8 Å². The lowest BCUT2D eigenvalue weighted by atomic mass is 10.1. The van der Waals surface area contributed by atoms with Crippen LogP contribution in [0.2, 0.25) is 0 Å². The van der Waals surface area contributed by atoms with Crippen LogP contribution in [0.1, 0.15) is 33.7 Å². The van der Waals surface area contributed by atoms with Gasteiger partial charge in [-0.1, -0.05) is 18.2 Å². The molecule has 8 heteroatoms. The Kier molecular flexibility index (Phi) is 5.90. The Hall–Kier alpha value is -3.00. The van der Waals surface area contributed by atoms with Gasteiger partial charge in [0.05, 0.1) is 25.7 Å². The number of rotatable bonds is 6. The van der Waals surface area contributed by atoms with Crippen molar-refractivity contribution in [1.29, 1.82) is 0 Å². The van der Waals surface area contributed by atoms with E-state index >= 15 is 0 Å². The Morgan fingerprint density at radius 1 is 1.09 bits per heavy atom. The summed E-state index contributed by atoms with van der Waals surface area (Å²) in [6, 6.07) is 10.8. The summed E-state index contributed by atoms with van der Waals surface area (Å²) in [5, 5.41) is 0.879. The topological polar surface area (TPSA) is 86.0 Å². The second-order valence-corrected chi connectivity index (χ2v) is 10.5. The zero-order valence-corrected chi connectivity index (χ0v) is 19.5.